The molecule has 1 heterocycles. The second-order valence-electron chi connectivity index (χ2n) is 4.62. The molecule has 19 heavy (non-hydrogen) atoms. The molecule has 0 bridgehead atoms. The van der Waals surface area contributed by atoms with Crippen LogP contribution in [-0.2, 0) is 21.4 Å². The summed E-state index contributed by atoms with van der Waals surface area (Å²) in [5, 5.41) is 12.9. The van der Waals surface area contributed by atoms with E-state index in [0.29, 0.717) is 12.5 Å². The number of aromatic nitrogens is 2. The highest BCUT2D eigenvalue weighted by molar-refractivity contribution is 7.89. The highest BCUT2D eigenvalue weighted by Crippen LogP contribution is 2.31. The molecule has 0 aromatic carbocycles. The lowest BCUT2D eigenvalue weighted by Crippen LogP contribution is -2.36. The molecule has 0 aliphatic heterocycles. The fourth-order valence-electron chi connectivity index (χ4n) is 1.87. The van der Waals surface area contributed by atoms with Crippen LogP contribution in [-0.4, -0.2) is 46.7 Å². The monoisotopic (exact) mass is 287 g/mol. The van der Waals surface area contributed by atoms with Crippen molar-refractivity contribution in [1.29, 1.82) is 0 Å². The van der Waals surface area contributed by atoms with Gasteiger partial charge in [-0.25, -0.2) is 8.42 Å². The van der Waals surface area contributed by atoms with Crippen molar-refractivity contribution >= 4 is 16.0 Å². The Balaban J connectivity index is 2.26. The van der Waals surface area contributed by atoms with E-state index < -0.39 is 22.5 Å². The minimum Gasteiger partial charge on any atom is -0.480 e. The molecule has 1 N–H and O–H groups in total. The van der Waals surface area contributed by atoms with Crippen LogP contribution in [0.25, 0.3) is 0 Å². The average Bonchev–Trinajstić information content (AvgIpc) is 3.01. The summed E-state index contributed by atoms with van der Waals surface area (Å²) in [4.78, 5) is 10.7. The SMILES string of the molecule is CCN(CC(=O)O)S(=O)(=O)c1ccnn1CC1CC1. The first kappa shape index (κ1) is 14.0. The Morgan fingerprint density at radius 1 is 1.58 bits per heavy atom. The third-order valence-electron chi connectivity index (χ3n) is 3.07. The van der Waals surface area contributed by atoms with Gasteiger partial charge in [0.15, 0.2) is 5.03 Å². The van der Waals surface area contributed by atoms with Crippen LogP contribution in [0.3, 0.4) is 0 Å². The fourth-order valence-corrected chi connectivity index (χ4v) is 3.38. The molecule has 1 saturated carbocycles. The maximum Gasteiger partial charge on any atom is 0.318 e. The van der Waals surface area contributed by atoms with Crippen molar-refractivity contribution in [1.82, 2.24) is 14.1 Å². The van der Waals surface area contributed by atoms with Gasteiger partial charge in [0.1, 0.15) is 6.54 Å². The Labute approximate surface area is 111 Å². The molecule has 1 aliphatic rings. The smallest absolute Gasteiger partial charge is 0.318 e. The van der Waals surface area contributed by atoms with Gasteiger partial charge in [0.25, 0.3) is 10.0 Å². The predicted molar refractivity (Wildman–Crippen MR) is 67.0 cm³/mol. The van der Waals surface area contributed by atoms with Crippen molar-refractivity contribution in [3.63, 3.8) is 0 Å². The van der Waals surface area contributed by atoms with Gasteiger partial charge in [0.2, 0.25) is 0 Å². The van der Waals surface area contributed by atoms with E-state index in [1.54, 1.807) is 6.92 Å². The van der Waals surface area contributed by atoms with Crippen molar-refractivity contribution < 1.29 is 18.3 Å². The molecular formula is C11H17N3O4S. The highest BCUT2D eigenvalue weighted by atomic mass is 32.2. The predicted octanol–water partition coefficient (Wildman–Crippen LogP) is 0.388. The number of carboxylic acids is 1. The van der Waals surface area contributed by atoms with E-state index in [4.69, 9.17) is 5.11 Å². The lowest BCUT2D eigenvalue weighted by atomic mass is 10.4. The standard InChI is InChI=1S/C11H17N3O4S/c1-2-13(8-11(15)16)19(17,18)10-5-6-12-14(10)7-9-3-4-9/h5-6,9H,2-4,7-8H2,1H3,(H,15,16). The normalized spacial score (nSPS) is 15.9. The molecule has 0 radical (unpaired) electrons. The number of carboxylic acid groups (broad SMARTS) is 1. The minimum absolute atomic E-state index is 0.0718. The summed E-state index contributed by atoms with van der Waals surface area (Å²) in [5.41, 5.74) is 0. The molecule has 0 saturated heterocycles. The maximum absolute atomic E-state index is 12.4. The van der Waals surface area contributed by atoms with E-state index in [9.17, 15) is 13.2 Å². The minimum atomic E-state index is -3.80. The van der Waals surface area contributed by atoms with E-state index in [-0.39, 0.29) is 11.6 Å². The summed E-state index contributed by atoms with van der Waals surface area (Å²) >= 11 is 0. The number of sulfonamides is 1. The zero-order chi connectivity index (χ0) is 14.0. The van der Waals surface area contributed by atoms with Crippen molar-refractivity contribution in [2.24, 2.45) is 5.92 Å². The lowest BCUT2D eigenvalue weighted by molar-refractivity contribution is -0.137. The van der Waals surface area contributed by atoms with E-state index in [2.05, 4.69) is 5.10 Å². The van der Waals surface area contributed by atoms with Gasteiger partial charge in [0, 0.05) is 13.1 Å². The molecule has 7 nitrogen and oxygen atoms in total. The Bertz CT molecular complexity index is 562. The summed E-state index contributed by atoms with van der Waals surface area (Å²) in [6, 6.07) is 1.42. The molecule has 0 spiro atoms. The van der Waals surface area contributed by atoms with Crippen LogP contribution in [0.15, 0.2) is 17.3 Å². The van der Waals surface area contributed by atoms with Gasteiger partial charge in [-0.3, -0.25) is 9.48 Å². The van der Waals surface area contributed by atoms with Crippen LogP contribution in [0.1, 0.15) is 19.8 Å². The van der Waals surface area contributed by atoms with Crippen molar-refractivity contribution in [3.05, 3.63) is 12.3 Å². The lowest BCUT2D eigenvalue weighted by Gasteiger charge is -2.18. The molecule has 1 aromatic heterocycles. The first-order valence-corrected chi connectivity index (χ1v) is 7.63. The third-order valence-corrected chi connectivity index (χ3v) is 5.02. The van der Waals surface area contributed by atoms with Gasteiger partial charge in [0.05, 0.1) is 6.20 Å². The number of hydrogen-bond acceptors (Lipinski definition) is 4. The number of hydrogen-bond donors (Lipinski definition) is 1. The van der Waals surface area contributed by atoms with Gasteiger partial charge in [-0.1, -0.05) is 6.92 Å². The molecular weight excluding hydrogens is 270 g/mol. The molecule has 0 unspecified atom stereocenters. The Morgan fingerprint density at radius 2 is 2.26 bits per heavy atom. The summed E-state index contributed by atoms with van der Waals surface area (Å²) < 4.78 is 27.2. The van der Waals surface area contributed by atoms with Crippen LogP contribution < -0.4 is 0 Å². The molecule has 106 valence electrons. The van der Waals surface area contributed by atoms with Crippen LogP contribution in [0.4, 0.5) is 0 Å². The van der Waals surface area contributed by atoms with Gasteiger partial charge in [-0.05, 0) is 24.8 Å². The van der Waals surface area contributed by atoms with Crippen molar-refractivity contribution in [2.75, 3.05) is 13.1 Å². The molecule has 1 aliphatic carbocycles. The quantitative estimate of drug-likeness (QED) is 0.783. The number of likely N-dealkylation sites (N-methyl/N-ethyl adjacent to an activating group) is 1. The molecule has 0 atom stereocenters. The number of carbonyl (C=O) groups is 1. The Hall–Kier alpha value is -1.41. The van der Waals surface area contributed by atoms with E-state index in [0.717, 1.165) is 17.1 Å². The van der Waals surface area contributed by atoms with Gasteiger partial charge in [-0.2, -0.15) is 9.40 Å². The van der Waals surface area contributed by atoms with Crippen LogP contribution in [0.5, 0.6) is 0 Å². The first-order valence-electron chi connectivity index (χ1n) is 6.19. The van der Waals surface area contributed by atoms with Gasteiger partial charge < -0.3 is 5.11 Å². The van der Waals surface area contributed by atoms with E-state index in [1.165, 1.54) is 16.9 Å². The second-order valence-corrected chi connectivity index (χ2v) is 6.50. The van der Waals surface area contributed by atoms with Crippen LogP contribution in [0.2, 0.25) is 0 Å². The zero-order valence-electron chi connectivity index (χ0n) is 10.7. The summed E-state index contributed by atoms with van der Waals surface area (Å²) in [7, 11) is -3.80. The van der Waals surface area contributed by atoms with Crippen molar-refractivity contribution in [3.8, 4) is 0 Å². The number of aliphatic carboxylic acids is 1. The summed E-state index contributed by atoms with van der Waals surface area (Å²) in [6.45, 7) is 1.77. The third kappa shape index (κ3) is 3.13. The van der Waals surface area contributed by atoms with Crippen LogP contribution >= 0.6 is 0 Å². The van der Waals surface area contributed by atoms with Gasteiger partial charge in [-0.15, -0.1) is 0 Å². The molecule has 2 rings (SSSR count). The molecule has 1 fully saturated rings. The Morgan fingerprint density at radius 3 is 2.79 bits per heavy atom. The molecule has 0 amide bonds. The van der Waals surface area contributed by atoms with E-state index in [1.807, 2.05) is 0 Å². The topological polar surface area (TPSA) is 92.5 Å². The fraction of sp³-hybridized carbons (Fsp3) is 0.636. The zero-order valence-corrected chi connectivity index (χ0v) is 11.5. The summed E-state index contributed by atoms with van der Waals surface area (Å²) in [6.07, 6.45) is 3.61. The number of nitrogens with zero attached hydrogens (tertiary/aromatic N) is 3. The number of rotatable bonds is 7. The van der Waals surface area contributed by atoms with Gasteiger partial charge >= 0.3 is 5.97 Å². The maximum atomic E-state index is 12.4. The summed E-state index contributed by atoms with van der Waals surface area (Å²) in [5.74, 6) is -0.679. The second kappa shape index (κ2) is 5.30. The Kier molecular flexibility index (Phi) is 3.91. The van der Waals surface area contributed by atoms with Crippen LogP contribution in [0, 0.1) is 5.92 Å². The molecule has 1 aromatic rings. The molecule has 8 heteroatoms. The largest absolute Gasteiger partial charge is 0.480 e. The average molecular weight is 287 g/mol. The van der Waals surface area contributed by atoms with E-state index >= 15 is 0 Å². The first-order chi connectivity index (χ1) is 8.95. The van der Waals surface area contributed by atoms with Crippen molar-refractivity contribution in [2.45, 2.75) is 31.3 Å². The highest BCUT2D eigenvalue weighted by Gasteiger charge is 2.30.